The lowest BCUT2D eigenvalue weighted by molar-refractivity contribution is 0.0795. The van der Waals surface area contributed by atoms with Crippen LogP contribution in [0.3, 0.4) is 0 Å². The van der Waals surface area contributed by atoms with Gasteiger partial charge in [-0.05, 0) is 64.3 Å². The summed E-state index contributed by atoms with van der Waals surface area (Å²) < 4.78 is 37.4. The zero-order valence-corrected chi connectivity index (χ0v) is 23.8. The van der Waals surface area contributed by atoms with Crippen molar-refractivity contribution in [1.29, 1.82) is 5.26 Å². The number of rotatable bonds is 3. The maximum Gasteiger partial charge on any atom is 0.159 e. The van der Waals surface area contributed by atoms with Gasteiger partial charge in [-0.1, -0.05) is 5.57 Å². The van der Waals surface area contributed by atoms with E-state index in [-0.39, 0.29) is 38.5 Å². The van der Waals surface area contributed by atoms with Gasteiger partial charge in [0.15, 0.2) is 5.82 Å². The van der Waals surface area contributed by atoms with Crippen molar-refractivity contribution in [3.05, 3.63) is 45.0 Å². The number of halogens is 2. The topological polar surface area (TPSA) is 90.8 Å². The van der Waals surface area contributed by atoms with E-state index in [1.54, 1.807) is 6.20 Å². The minimum atomic E-state index is -0.590. The molecule has 0 saturated carbocycles. The third kappa shape index (κ3) is 4.37. The molecule has 1 aromatic carbocycles. The summed E-state index contributed by atoms with van der Waals surface area (Å²) in [7, 11) is 0. The van der Waals surface area contributed by atoms with Gasteiger partial charge in [-0.2, -0.15) is 5.26 Å². The van der Waals surface area contributed by atoms with Gasteiger partial charge in [0, 0.05) is 46.7 Å². The van der Waals surface area contributed by atoms with Gasteiger partial charge in [0.2, 0.25) is 0 Å². The van der Waals surface area contributed by atoms with E-state index >= 15 is 4.39 Å². The second-order valence-corrected chi connectivity index (χ2v) is 12.0. The molecule has 10 heteroatoms. The molecular formula is C30H32F2N6OS. The Labute approximate surface area is 235 Å². The molecule has 0 spiro atoms. The fraction of sp³-hybridized carbons (Fsp3) is 0.433. The summed E-state index contributed by atoms with van der Waals surface area (Å²) in [4.78, 5) is 14.0. The number of aliphatic imine (C=N–C) groups is 1. The smallest absolute Gasteiger partial charge is 0.159 e. The van der Waals surface area contributed by atoms with E-state index in [0.717, 1.165) is 60.4 Å². The van der Waals surface area contributed by atoms with Gasteiger partial charge >= 0.3 is 0 Å². The molecule has 0 atom stereocenters. The molecular weight excluding hydrogens is 530 g/mol. The van der Waals surface area contributed by atoms with Gasteiger partial charge in [0.05, 0.1) is 35.4 Å². The Hall–Kier alpha value is -3.39. The molecule has 0 radical (unpaired) electrons. The molecule has 2 fully saturated rings. The molecule has 3 aliphatic heterocycles. The molecule has 208 valence electrons. The van der Waals surface area contributed by atoms with Crippen molar-refractivity contribution in [3.8, 4) is 17.3 Å². The van der Waals surface area contributed by atoms with Crippen LogP contribution in [0.1, 0.15) is 56.7 Å². The number of nitrogens with two attached hydrogens (primary N) is 1. The molecule has 2 aromatic heterocycles. The van der Waals surface area contributed by atoms with Crippen LogP contribution in [0.5, 0.6) is 0 Å². The third-order valence-electron chi connectivity index (χ3n) is 8.45. The number of nitrogens with zero attached hydrogens (tertiary/aromatic N) is 5. The molecule has 0 bridgehead atoms. The summed E-state index contributed by atoms with van der Waals surface area (Å²) in [6, 6.07) is 2.73. The number of hydrogen-bond donors (Lipinski definition) is 1. The van der Waals surface area contributed by atoms with Gasteiger partial charge in [-0.15, -0.1) is 11.3 Å². The molecule has 5 heterocycles. The number of fused-ring (bicyclic) bond motifs is 2. The average molecular weight is 563 g/mol. The highest BCUT2D eigenvalue weighted by molar-refractivity contribution is 7.23. The van der Waals surface area contributed by atoms with Crippen LogP contribution < -0.4 is 16.2 Å². The van der Waals surface area contributed by atoms with Crippen molar-refractivity contribution in [1.82, 2.24) is 14.8 Å². The molecule has 0 aliphatic carbocycles. The standard InChI is InChI=1S/C30H32F2N6OS/c1-16(2)24-20(12-35-17(3)37-9-5-18(6-10-37)38-7-4-8-38)21-14-39-15-22(21)25(27(24)32)28-26-19(11-33)30(34)40-29(26)23(31)13-36-28/h12-13,18H,4-10,14-15,34H2,1-3H3/b20-12-,35-17?. The van der Waals surface area contributed by atoms with Crippen LogP contribution in [0.2, 0.25) is 0 Å². The van der Waals surface area contributed by atoms with Crippen LogP contribution in [0.25, 0.3) is 33.1 Å². The summed E-state index contributed by atoms with van der Waals surface area (Å²) in [5, 5.41) is 11.3. The summed E-state index contributed by atoms with van der Waals surface area (Å²) in [5.41, 5.74) is 8.85. The number of thiophene rings is 1. The van der Waals surface area contributed by atoms with Crippen LogP contribution in [-0.4, -0.2) is 52.8 Å². The SMILES string of the molecule is CC(=N/C=c1/c2c(c(-c3ncc(F)c4sc(N)c(C#N)c34)c(F)c1=C(C)C)COC2)N1CCC(N2CCC2)CC1. The minimum absolute atomic E-state index is 0.113. The Morgan fingerprint density at radius 2 is 1.90 bits per heavy atom. The number of anilines is 1. The van der Waals surface area contributed by atoms with Crippen molar-refractivity contribution >= 4 is 44.0 Å². The van der Waals surface area contributed by atoms with Gasteiger partial charge in [0.25, 0.3) is 0 Å². The molecule has 3 aliphatic rings. The second kappa shape index (κ2) is 10.5. The number of benzene rings is 1. The highest BCUT2D eigenvalue weighted by Crippen LogP contribution is 2.42. The Kier molecular flexibility index (Phi) is 7.07. The van der Waals surface area contributed by atoms with Crippen molar-refractivity contribution < 1.29 is 13.5 Å². The second-order valence-electron chi connectivity index (χ2n) is 11.0. The van der Waals surface area contributed by atoms with Crippen LogP contribution in [0.15, 0.2) is 11.2 Å². The maximum absolute atomic E-state index is 16.6. The van der Waals surface area contributed by atoms with E-state index in [1.807, 2.05) is 20.8 Å². The molecule has 0 amide bonds. The number of pyridine rings is 1. The largest absolute Gasteiger partial charge is 0.389 e. The van der Waals surface area contributed by atoms with Gasteiger partial charge in [-0.25, -0.2) is 13.8 Å². The van der Waals surface area contributed by atoms with E-state index in [4.69, 9.17) is 15.5 Å². The zero-order valence-electron chi connectivity index (χ0n) is 23.0. The Balaban J connectivity index is 1.48. The van der Waals surface area contributed by atoms with Crippen LogP contribution in [0.4, 0.5) is 13.8 Å². The molecule has 2 saturated heterocycles. The van der Waals surface area contributed by atoms with Gasteiger partial charge in [0.1, 0.15) is 22.7 Å². The van der Waals surface area contributed by atoms with Crippen molar-refractivity contribution in [2.45, 2.75) is 59.3 Å². The zero-order chi connectivity index (χ0) is 28.1. The molecule has 2 N–H and O–H groups in total. The lowest BCUT2D eigenvalue weighted by atomic mass is 9.93. The summed E-state index contributed by atoms with van der Waals surface area (Å²) in [6.45, 7) is 10.5. The predicted molar refractivity (Wildman–Crippen MR) is 155 cm³/mol. The number of ether oxygens (including phenoxy) is 1. The van der Waals surface area contributed by atoms with E-state index < -0.39 is 11.6 Å². The summed E-state index contributed by atoms with van der Waals surface area (Å²) in [6.07, 6.45) is 6.39. The highest BCUT2D eigenvalue weighted by atomic mass is 32.1. The molecule has 7 nitrogen and oxygen atoms in total. The van der Waals surface area contributed by atoms with Crippen molar-refractivity contribution in [2.24, 2.45) is 4.99 Å². The molecule has 3 aromatic rings. The first-order valence-corrected chi connectivity index (χ1v) is 14.5. The highest BCUT2D eigenvalue weighted by Gasteiger charge is 2.30. The Morgan fingerprint density at radius 3 is 2.55 bits per heavy atom. The Bertz CT molecular complexity index is 1710. The maximum atomic E-state index is 16.6. The first-order valence-electron chi connectivity index (χ1n) is 13.7. The average Bonchev–Trinajstić information content (AvgIpc) is 3.52. The number of hydrogen-bond acceptors (Lipinski definition) is 7. The lowest BCUT2D eigenvalue weighted by Gasteiger charge is -2.43. The predicted octanol–water partition coefficient (Wildman–Crippen LogP) is 4.24. The lowest BCUT2D eigenvalue weighted by Crippen LogP contribution is -2.51. The van der Waals surface area contributed by atoms with Gasteiger partial charge < -0.3 is 20.3 Å². The molecule has 6 rings (SSSR count). The van der Waals surface area contributed by atoms with Crippen molar-refractivity contribution in [3.63, 3.8) is 0 Å². The summed E-state index contributed by atoms with van der Waals surface area (Å²) in [5.74, 6) is -0.159. The molecule has 40 heavy (non-hydrogen) atoms. The third-order valence-corrected chi connectivity index (χ3v) is 9.47. The van der Waals surface area contributed by atoms with Crippen LogP contribution in [0, 0.1) is 23.0 Å². The van der Waals surface area contributed by atoms with Crippen LogP contribution >= 0.6 is 11.3 Å². The Morgan fingerprint density at radius 1 is 1.18 bits per heavy atom. The van der Waals surface area contributed by atoms with Gasteiger partial charge in [-0.3, -0.25) is 4.98 Å². The van der Waals surface area contributed by atoms with E-state index in [9.17, 15) is 9.65 Å². The quantitative estimate of drug-likeness (QED) is 0.379. The summed E-state index contributed by atoms with van der Waals surface area (Å²) >= 11 is 0.973. The number of aromatic nitrogens is 1. The fourth-order valence-electron chi connectivity index (χ4n) is 6.19. The molecule has 0 unspecified atom stereocenters. The first kappa shape index (κ1) is 26.8. The van der Waals surface area contributed by atoms with Crippen molar-refractivity contribution in [2.75, 3.05) is 31.9 Å². The number of nitriles is 1. The van der Waals surface area contributed by atoms with E-state index in [2.05, 4.69) is 20.9 Å². The van der Waals surface area contributed by atoms with E-state index in [0.29, 0.717) is 28.6 Å². The van der Waals surface area contributed by atoms with Crippen LogP contribution in [-0.2, 0) is 18.0 Å². The fourth-order valence-corrected chi connectivity index (χ4v) is 7.11. The minimum Gasteiger partial charge on any atom is -0.389 e. The number of piperidine rings is 1. The first-order chi connectivity index (χ1) is 19.3. The normalized spacial score (nSPS) is 18.8. The monoisotopic (exact) mass is 562 g/mol. The van der Waals surface area contributed by atoms with E-state index in [1.165, 1.54) is 19.5 Å². The number of amidine groups is 1. The number of nitrogen functional groups attached to an aromatic ring is 1. The number of likely N-dealkylation sites (tertiary alicyclic amines) is 2.